The first kappa shape index (κ1) is 18.6. The highest BCUT2D eigenvalue weighted by molar-refractivity contribution is 5.95. The van der Waals surface area contributed by atoms with Gasteiger partial charge in [0.05, 0.1) is 5.54 Å². The Morgan fingerprint density at radius 3 is 2.50 bits per heavy atom. The molecule has 0 aliphatic heterocycles. The molecule has 1 amide bonds. The number of alkyl halides is 3. The van der Waals surface area contributed by atoms with Gasteiger partial charge in [0, 0.05) is 12.1 Å². The molecular weight excluding hydrogens is 321 g/mol. The molecule has 22 heavy (non-hydrogen) atoms. The number of nitrogens with one attached hydrogen (secondary N) is 1. The average molecular weight is 339 g/mol. The zero-order chi connectivity index (χ0) is 15.5. The second-order valence-electron chi connectivity index (χ2n) is 5.22. The molecular formula is C14H18ClF3N2O2. The summed E-state index contributed by atoms with van der Waals surface area (Å²) >= 11 is 0. The summed E-state index contributed by atoms with van der Waals surface area (Å²) in [6.07, 6.45) is -1.25. The van der Waals surface area contributed by atoms with Crippen LogP contribution in [0.4, 0.5) is 13.2 Å². The number of rotatable bonds is 4. The Kier molecular flexibility index (Phi) is 6.08. The molecule has 0 unspecified atom stereocenters. The maximum absolute atomic E-state index is 12.2. The molecule has 1 aromatic carbocycles. The first-order valence-electron chi connectivity index (χ1n) is 6.72. The number of nitrogens with two attached hydrogens (primary N) is 1. The Bertz CT molecular complexity index is 517. The average Bonchev–Trinajstić information content (AvgIpc) is 2.86. The van der Waals surface area contributed by atoms with Crippen molar-refractivity contribution in [1.29, 1.82) is 0 Å². The molecule has 0 radical (unpaired) electrons. The zero-order valence-electron chi connectivity index (χ0n) is 11.8. The number of halogens is 4. The molecule has 8 heteroatoms. The SMILES string of the molecule is Cl.NCC1(NC(=O)c2cccc(OC(F)(F)F)c2)CCCC1. The largest absolute Gasteiger partial charge is 0.573 e. The molecule has 2 rings (SSSR count). The van der Waals surface area contributed by atoms with Gasteiger partial charge in [-0.15, -0.1) is 25.6 Å². The fourth-order valence-corrected chi connectivity index (χ4v) is 2.58. The fourth-order valence-electron chi connectivity index (χ4n) is 2.58. The van der Waals surface area contributed by atoms with Crippen LogP contribution in [0.2, 0.25) is 0 Å². The number of benzene rings is 1. The smallest absolute Gasteiger partial charge is 0.406 e. The van der Waals surface area contributed by atoms with Crippen LogP contribution in [0.3, 0.4) is 0 Å². The van der Waals surface area contributed by atoms with E-state index in [1.54, 1.807) is 0 Å². The Morgan fingerprint density at radius 2 is 1.95 bits per heavy atom. The van der Waals surface area contributed by atoms with Crippen molar-refractivity contribution in [2.24, 2.45) is 5.73 Å². The van der Waals surface area contributed by atoms with Gasteiger partial charge in [-0.25, -0.2) is 0 Å². The van der Waals surface area contributed by atoms with Crippen molar-refractivity contribution in [3.63, 3.8) is 0 Å². The second-order valence-corrected chi connectivity index (χ2v) is 5.22. The standard InChI is InChI=1S/C14H17F3N2O2.ClH/c15-14(16,17)21-11-5-3-4-10(8-11)12(20)19-13(9-18)6-1-2-7-13;/h3-5,8H,1-2,6-7,9,18H2,(H,19,20);1H. The summed E-state index contributed by atoms with van der Waals surface area (Å²) in [4.78, 5) is 12.2. The van der Waals surface area contributed by atoms with E-state index in [0.29, 0.717) is 6.54 Å². The Morgan fingerprint density at radius 1 is 1.32 bits per heavy atom. The third-order valence-corrected chi connectivity index (χ3v) is 3.66. The molecule has 124 valence electrons. The number of ether oxygens (including phenoxy) is 1. The van der Waals surface area contributed by atoms with E-state index in [1.165, 1.54) is 12.1 Å². The lowest BCUT2D eigenvalue weighted by Crippen LogP contribution is -2.51. The van der Waals surface area contributed by atoms with Gasteiger partial charge in [0.1, 0.15) is 5.75 Å². The van der Waals surface area contributed by atoms with E-state index >= 15 is 0 Å². The van der Waals surface area contributed by atoms with E-state index < -0.39 is 23.6 Å². The van der Waals surface area contributed by atoms with Gasteiger partial charge in [-0.3, -0.25) is 4.79 Å². The van der Waals surface area contributed by atoms with Crippen LogP contribution in [0.15, 0.2) is 24.3 Å². The number of hydrogen-bond donors (Lipinski definition) is 2. The molecule has 1 fully saturated rings. The fraction of sp³-hybridized carbons (Fsp3) is 0.500. The summed E-state index contributed by atoms with van der Waals surface area (Å²) in [5, 5.41) is 2.85. The molecule has 1 aliphatic carbocycles. The normalized spacial score (nSPS) is 16.7. The predicted octanol–water partition coefficient (Wildman–Crippen LogP) is 3.01. The maximum Gasteiger partial charge on any atom is 0.573 e. The van der Waals surface area contributed by atoms with E-state index in [1.807, 2.05) is 0 Å². The molecule has 1 aromatic rings. The molecule has 0 atom stereocenters. The predicted molar refractivity (Wildman–Crippen MR) is 78.1 cm³/mol. The number of hydrogen-bond acceptors (Lipinski definition) is 3. The molecule has 1 aliphatic rings. The van der Waals surface area contributed by atoms with Crippen molar-refractivity contribution in [3.8, 4) is 5.75 Å². The summed E-state index contributed by atoms with van der Waals surface area (Å²) in [6, 6.07) is 5.01. The highest BCUT2D eigenvalue weighted by Gasteiger charge is 2.34. The molecule has 3 N–H and O–H groups in total. The van der Waals surface area contributed by atoms with Crippen molar-refractivity contribution >= 4 is 18.3 Å². The summed E-state index contributed by atoms with van der Waals surface area (Å²) in [5.74, 6) is -0.849. The van der Waals surface area contributed by atoms with Crippen LogP contribution in [0.25, 0.3) is 0 Å². The van der Waals surface area contributed by atoms with Crippen LogP contribution in [-0.2, 0) is 0 Å². The zero-order valence-corrected chi connectivity index (χ0v) is 12.6. The van der Waals surface area contributed by atoms with Gasteiger partial charge in [0.2, 0.25) is 0 Å². The number of carbonyl (C=O) groups excluding carboxylic acids is 1. The lowest BCUT2D eigenvalue weighted by molar-refractivity contribution is -0.274. The Hall–Kier alpha value is -1.47. The molecule has 0 spiro atoms. The number of amides is 1. The Balaban J connectivity index is 0.00000242. The molecule has 0 aromatic heterocycles. The van der Waals surface area contributed by atoms with Crippen molar-refractivity contribution in [3.05, 3.63) is 29.8 Å². The van der Waals surface area contributed by atoms with Crippen LogP contribution < -0.4 is 15.8 Å². The third-order valence-electron chi connectivity index (χ3n) is 3.66. The quantitative estimate of drug-likeness (QED) is 0.887. The van der Waals surface area contributed by atoms with Gasteiger partial charge in [-0.05, 0) is 31.0 Å². The first-order valence-corrected chi connectivity index (χ1v) is 6.72. The van der Waals surface area contributed by atoms with Crippen molar-refractivity contribution < 1.29 is 22.7 Å². The van der Waals surface area contributed by atoms with E-state index in [0.717, 1.165) is 37.8 Å². The minimum Gasteiger partial charge on any atom is -0.406 e. The van der Waals surface area contributed by atoms with Crippen LogP contribution in [0, 0.1) is 0 Å². The van der Waals surface area contributed by atoms with Gasteiger partial charge in [0.25, 0.3) is 5.91 Å². The Labute approximate surface area is 132 Å². The van der Waals surface area contributed by atoms with E-state index in [2.05, 4.69) is 10.1 Å². The molecule has 0 heterocycles. The highest BCUT2D eigenvalue weighted by atomic mass is 35.5. The van der Waals surface area contributed by atoms with E-state index in [-0.39, 0.29) is 18.0 Å². The monoisotopic (exact) mass is 338 g/mol. The molecule has 4 nitrogen and oxygen atoms in total. The number of carbonyl (C=O) groups is 1. The van der Waals surface area contributed by atoms with Gasteiger partial charge in [-0.1, -0.05) is 18.9 Å². The molecule has 0 bridgehead atoms. The molecule has 1 saturated carbocycles. The van der Waals surface area contributed by atoms with Crippen LogP contribution in [0.1, 0.15) is 36.0 Å². The summed E-state index contributed by atoms with van der Waals surface area (Å²) in [6.45, 7) is 0.317. The lowest BCUT2D eigenvalue weighted by Gasteiger charge is -2.28. The van der Waals surface area contributed by atoms with Crippen LogP contribution >= 0.6 is 12.4 Å². The second kappa shape index (κ2) is 7.19. The van der Waals surface area contributed by atoms with E-state index in [4.69, 9.17) is 5.73 Å². The molecule has 0 saturated heterocycles. The minimum atomic E-state index is -4.78. The summed E-state index contributed by atoms with van der Waals surface area (Å²) in [5.41, 5.74) is 5.40. The van der Waals surface area contributed by atoms with E-state index in [9.17, 15) is 18.0 Å². The maximum atomic E-state index is 12.2. The first-order chi connectivity index (χ1) is 9.84. The van der Waals surface area contributed by atoms with Gasteiger partial charge < -0.3 is 15.8 Å². The lowest BCUT2D eigenvalue weighted by atomic mass is 9.97. The highest BCUT2D eigenvalue weighted by Crippen LogP contribution is 2.29. The van der Waals surface area contributed by atoms with Crippen molar-refractivity contribution in [1.82, 2.24) is 5.32 Å². The third kappa shape index (κ3) is 4.78. The topological polar surface area (TPSA) is 64.3 Å². The summed E-state index contributed by atoms with van der Waals surface area (Å²) < 4.78 is 40.3. The van der Waals surface area contributed by atoms with Gasteiger partial charge >= 0.3 is 6.36 Å². The van der Waals surface area contributed by atoms with Crippen LogP contribution in [0.5, 0.6) is 5.75 Å². The van der Waals surface area contributed by atoms with Crippen molar-refractivity contribution in [2.75, 3.05) is 6.54 Å². The summed E-state index contributed by atoms with van der Waals surface area (Å²) in [7, 11) is 0. The van der Waals surface area contributed by atoms with Crippen molar-refractivity contribution in [2.45, 2.75) is 37.6 Å². The van der Waals surface area contributed by atoms with Gasteiger partial charge in [0.15, 0.2) is 0 Å². The minimum absolute atomic E-state index is 0. The van der Waals surface area contributed by atoms with Gasteiger partial charge in [-0.2, -0.15) is 0 Å². The van der Waals surface area contributed by atoms with Crippen LogP contribution in [-0.4, -0.2) is 24.4 Å².